The van der Waals surface area contributed by atoms with Gasteiger partial charge in [-0.05, 0) is 48.5 Å². The maximum atomic E-state index is 12.2. The Morgan fingerprint density at radius 3 is 2.40 bits per heavy atom. The zero-order valence-corrected chi connectivity index (χ0v) is 19.9. The summed E-state index contributed by atoms with van der Waals surface area (Å²) in [6.07, 6.45) is 3.97. The van der Waals surface area contributed by atoms with Gasteiger partial charge in [-0.25, -0.2) is 8.42 Å². The molecule has 0 radical (unpaired) electrons. The van der Waals surface area contributed by atoms with Crippen molar-refractivity contribution in [1.82, 2.24) is 25.6 Å². The van der Waals surface area contributed by atoms with E-state index in [1.807, 2.05) is 0 Å². The van der Waals surface area contributed by atoms with Crippen molar-refractivity contribution in [3.63, 3.8) is 0 Å². The van der Waals surface area contributed by atoms with Crippen molar-refractivity contribution in [1.29, 1.82) is 0 Å². The second-order valence-corrected chi connectivity index (χ2v) is 9.88. The molecule has 182 valence electrons. The Labute approximate surface area is 204 Å². The van der Waals surface area contributed by atoms with Gasteiger partial charge in [0.2, 0.25) is 15.9 Å². The quantitative estimate of drug-likeness (QED) is 0.223. The topological polar surface area (TPSA) is 161 Å². The predicted octanol–water partition coefficient (Wildman–Crippen LogP) is 2.10. The van der Waals surface area contributed by atoms with Crippen molar-refractivity contribution >= 4 is 39.3 Å². The summed E-state index contributed by atoms with van der Waals surface area (Å²) in [5, 5.41) is 8.90. The molecule has 1 aromatic carbocycles. The summed E-state index contributed by atoms with van der Waals surface area (Å²) in [7, 11) is -3.40. The largest absolute Gasteiger partial charge is 0.467 e. The lowest BCUT2D eigenvalue weighted by molar-refractivity contribution is -0.119. The van der Waals surface area contributed by atoms with Gasteiger partial charge in [0.05, 0.1) is 31.1 Å². The minimum Gasteiger partial charge on any atom is -0.467 e. The van der Waals surface area contributed by atoms with Crippen LogP contribution in [-0.2, 0) is 21.4 Å². The van der Waals surface area contributed by atoms with Crippen LogP contribution in [0.4, 0.5) is 5.69 Å². The molecule has 0 unspecified atom stereocenters. The number of hydrazine groups is 1. The molecule has 4 rings (SSSR count). The number of aromatic nitrogens is 3. The number of carbonyl (C=O) groups is 2. The Kier molecular flexibility index (Phi) is 7.22. The Hall–Kier alpha value is -4.04. The van der Waals surface area contributed by atoms with Crippen LogP contribution in [0, 0.1) is 0 Å². The highest BCUT2D eigenvalue weighted by atomic mass is 32.2. The van der Waals surface area contributed by atoms with Gasteiger partial charge in [-0.3, -0.25) is 29.7 Å². The highest BCUT2D eigenvalue weighted by Crippen LogP contribution is 2.26. The highest BCUT2D eigenvalue weighted by molar-refractivity contribution is 7.99. The van der Waals surface area contributed by atoms with Gasteiger partial charge in [0.15, 0.2) is 16.7 Å². The van der Waals surface area contributed by atoms with Crippen molar-refractivity contribution in [3.8, 4) is 11.4 Å². The third-order valence-corrected chi connectivity index (χ3v) is 6.02. The van der Waals surface area contributed by atoms with Crippen LogP contribution >= 0.6 is 11.8 Å². The third-order valence-electron chi connectivity index (χ3n) is 4.45. The number of furan rings is 2. The van der Waals surface area contributed by atoms with Gasteiger partial charge in [-0.1, -0.05) is 11.8 Å². The number of nitrogens with zero attached hydrogens (tertiary/aromatic N) is 3. The predicted molar refractivity (Wildman–Crippen MR) is 127 cm³/mol. The lowest BCUT2D eigenvalue weighted by Gasteiger charge is -2.10. The minimum absolute atomic E-state index is 0.0497. The van der Waals surface area contributed by atoms with E-state index in [0.717, 1.165) is 18.0 Å². The fraction of sp³-hybridized carbons (Fsp3) is 0.143. The molecule has 12 nitrogen and oxygen atoms in total. The standard InChI is InChI=1S/C21H20N6O6S2/c1-35(30,31)26-15-8-6-14(7-9-15)19-23-25-21(27(19)12-16-4-2-10-32-16)34-13-18(28)22-24-20(29)17-5-3-11-33-17/h2-11,26H,12-13H2,1H3,(H,22,28)(H,24,29). The zero-order chi connectivity index (χ0) is 24.8. The molecule has 2 amide bonds. The monoisotopic (exact) mass is 516 g/mol. The van der Waals surface area contributed by atoms with Crippen LogP contribution in [0.3, 0.4) is 0 Å². The molecule has 3 aromatic heterocycles. The van der Waals surface area contributed by atoms with Crippen molar-refractivity contribution in [2.24, 2.45) is 0 Å². The van der Waals surface area contributed by atoms with E-state index in [9.17, 15) is 18.0 Å². The maximum absolute atomic E-state index is 12.2. The van der Waals surface area contributed by atoms with Crippen LogP contribution < -0.4 is 15.6 Å². The van der Waals surface area contributed by atoms with E-state index >= 15 is 0 Å². The van der Waals surface area contributed by atoms with Gasteiger partial charge in [-0.2, -0.15) is 0 Å². The third kappa shape index (κ3) is 6.51. The first-order chi connectivity index (χ1) is 16.8. The molecule has 0 saturated carbocycles. The van der Waals surface area contributed by atoms with E-state index in [-0.39, 0.29) is 11.5 Å². The molecule has 0 atom stereocenters. The number of anilines is 1. The first-order valence-electron chi connectivity index (χ1n) is 10.1. The van der Waals surface area contributed by atoms with E-state index in [1.54, 1.807) is 53.3 Å². The van der Waals surface area contributed by atoms with E-state index in [4.69, 9.17) is 8.83 Å². The summed E-state index contributed by atoms with van der Waals surface area (Å²) in [6, 6.07) is 13.2. The molecule has 0 saturated heterocycles. The van der Waals surface area contributed by atoms with Gasteiger partial charge >= 0.3 is 5.91 Å². The lowest BCUT2D eigenvalue weighted by Crippen LogP contribution is -2.42. The van der Waals surface area contributed by atoms with Crippen LogP contribution in [0.25, 0.3) is 11.4 Å². The first-order valence-corrected chi connectivity index (χ1v) is 13.0. The minimum atomic E-state index is -3.40. The Balaban J connectivity index is 1.47. The summed E-state index contributed by atoms with van der Waals surface area (Å²) in [5.41, 5.74) is 5.69. The summed E-state index contributed by atoms with van der Waals surface area (Å²) in [4.78, 5) is 24.1. The summed E-state index contributed by atoms with van der Waals surface area (Å²) < 4.78 is 37.5. The van der Waals surface area contributed by atoms with Crippen LogP contribution in [0.2, 0.25) is 0 Å². The van der Waals surface area contributed by atoms with Crippen molar-refractivity contribution in [2.75, 3.05) is 16.7 Å². The smallest absolute Gasteiger partial charge is 0.305 e. The molecule has 4 aromatic rings. The Morgan fingerprint density at radius 1 is 1.00 bits per heavy atom. The molecule has 3 heterocycles. The highest BCUT2D eigenvalue weighted by Gasteiger charge is 2.18. The average molecular weight is 517 g/mol. The van der Waals surface area contributed by atoms with Crippen LogP contribution in [-0.4, -0.2) is 47.0 Å². The second kappa shape index (κ2) is 10.5. The number of sulfonamides is 1. The lowest BCUT2D eigenvalue weighted by atomic mass is 10.2. The van der Waals surface area contributed by atoms with Gasteiger partial charge in [0.1, 0.15) is 5.76 Å². The first kappa shape index (κ1) is 24.1. The Bertz CT molecular complexity index is 1400. The van der Waals surface area contributed by atoms with E-state index < -0.39 is 21.8 Å². The molecular weight excluding hydrogens is 496 g/mol. The maximum Gasteiger partial charge on any atom is 0.305 e. The van der Waals surface area contributed by atoms with E-state index in [1.165, 1.54) is 12.3 Å². The Morgan fingerprint density at radius 2 is 1.74 bits per heavy atom. The number of hydrogen-bond acceptors (Lipinski definition) is 9. The van der Waals surface area contributed by atoms with Gasteiger partial charge < -0.3 is 8.83 Å². The number of amides is 2. The summed E-state index contributed by atoms with van der Waals surface area (Å²) in [5.74, 6) is 0.135. The second-order valence-electron chi connectivity index (χ2n) is 7.19. The molecule has 0 aliphatic heterocycles. The number of benzene rings is 1. The van der Waals surface area contributed by atoms with Crippen LogP contribution in [0.15, 0.2) is 75.0 Å². The summed E-state index contributed by atoms with van der Waals surface area (Å²) >= 11 is 1.12. The number of rotatable bonds is 9. The normalized spacial score (nSPS) is 11.2. The number of carbonyl (C=O) groups excluding carboxylic acids is 2. The van der Waals surface area contributed by atoms with Gasteiger partial charge in [-0.15, -0.1) is 10.2 Å². The molecule has 35 heavy (non-hydrogen) atoms. The van der Waals surface area contributed by atoms with E-state index in [0.29, 0.717) is 34.5 Å². The molecule has 0 spiro atoms. The molecule has 14 heteroatoms. The van der Waals surface area contributed by atoms with E-state index in [2.05, 4.69) is 25.8 Å². The number of thioether (sulfide) groups is 1. The zero-order valence-electron chi connectivity index (χ0n) is 18.3. The number of hydrogen-bond donors (Lipinski definition) is 3. The molecule has 3 N–H and O–H groups in total. The fourth-order valence-electron chi connectivity index (χ4n) is 2.97. The van der Waals surface area contributed by atoms with Gasteiger partial charge in [0.25, 0.3) is 0 Å². The molecular formula is C21H20N6O6S2. The molecule has 0 aliphatic carbocycles. The SMILES string of the molecule is CS(=O)(=O)Nc1ccc(-c2nnc(SCC(=O)NNC(=O)c3ccco3)n2Cc2ccco2)cc1. The average Bonchev–Trinajstić information content (AvgIpc) is 3.59. The molecule has 0 aliphatic rings. The number of nitrogens with one attached hydrogen (secondary N) is 3. The van der Waals surface area contributed by atoms with Crippen molar-refractivity contribution in [3.05, 3.63) is 72.6 Å². The van der Waals surface area contributed by atoms with Crippen molar-refractivity contribution < 1.29 is 26.8 Å². The van der Waals surface area contributed by atoms with Crippen molar-refractivity contribution in [2.45, 2.75) is 11.7 Å². The van der Waals surface area contributed by atoms with Gasteiger partial charge in [0, 0.05) is 11.3 Å². The molecule has 0 bridgehead atoms. The fourth-order valence-corrected chi connectivity index (χ4v) is 4.28. The molecule has 0 fully saturated rings. The van der Waals surface area contributed by atoms with Crippen LogP contribution in [0.5, 0.6) is 0 Å². The summed E-state index contributed by atoms with van der Waals surface area (Å²) in [6.45, 7) is 0.303. The van der Waals surface area contributed by atoms with Crippen LogP contribution in [0.1, 0.15) is 16.3 Å².